The molecule has 2 rings (SSSR count). The van der Waals surface area contributed by atoms with Crippen LogP contribution >= 0.6 is 0 Å². The van der Waals surface area contributed by atoms with Crippen LogP contribution in [0.4, 0.5) is 0 Å². The molecule has 0 aromatic heterocycles. The van der Waals surface area contributed by atoms with Crippen LogP contribution in [0.15, 0.2) is 35.5 Å². The van der Waals surface area contributed by atoms with E-state index in [4.69, 9.17) is 4.74 Å². The topological polar surface area (TPSA) is 12.5 Å². The average molecular weight is 279 g/mol. The van der Waals surface area contributed by atoms with Crippen LogP contribution in [-0.4, -0.2) is 38.3 Å². The summed E-state index contributed by atoms with van der Waals surface area (Å²) >= 11 is 0. The Morgan fingerprint density at radius 2 is 1.60 bits per heavy atom. The third kappa shape index (κ3) is 7.66. The van der Waals surface area contributed by atoms with Gasteiger partial charge in [0.25, 0.3) is 0 Å². The van der Waals surface area contributed by atoms with Crippen LogP contribution in [-0.2, 0) is 4.74 Å². The van der Waals surface area contributed by atoms with Gasteiger partial charge in [0, 0.05) is 6.54 Å². The van der Waals surface area contributed by atoms with Crippen molar-refractivity contribution >= 4 is 0 Å². The van der Waals surface area contributed by atoms with Crippen molar-refractivity contribution in [3.8, 4) is 0 Å². The fraction of sp³-hybridized carbons (Fsp3) is 0.667. The number of hydrogen-bond acceptors (Lipinski definition) is 2. The molecule has 0 bridgehead atoms. The zero-order chi connectivity index (χ0) is 15.2. The summed E-state index contributed by atoms with van der Waals surface area (Å²) in [5, 5.41) is 0. The molecular formula is C18H33NO. The molecule has 20 heavy (non-hydrogen) atoms. The second-order valence-electron chi connectivity index (χ2n) is 4.55. The first-order valence-corrected chi connectivity index (χ1v) is 8.17. The van der Waals surface area contributed by atoms with Crippen LogP contribution in [0, 0.1) is 0 Å². The van der Waals surface area contributed by atoms with E-state index >= 15 is 0 Å². The highest BCUT2D eigenvalue weighted by atomic mass is 16.5. The second kappa shape index (κ2) is 13.1. The number of hydrogen-bond donors (Lipinski definition) is 0. The molecule has 2 heteroatoms. The van der Waals surface area contributed by atoms with E-state index in [0.29, 0.717) is 0 Å². The van der Waals surface area contributed by atoms with Gasteiger partial charge in [0.05, 0.1) is 13.2 Å². The van der Waals surface area contributed by atoms with Crippen LogP contribution in [0.2, 0.25) is 0 Å². The number of rotatable bonds is 0. The summed E-state index contributed by atoms with van der Waals surface area (Å²) in [7, 11) is 2.17. The van der Waals surface area contributed by atoms with E-state index in [9.17, 15) is 0 Å². The average Bonchev–Trinajstić information content (AvgIpc) is 2.73. The highest BCUT2D eigenvalue weighted by Gasteiger charge is 2.08. The molecule has 116 valence electrons. The Bertz CT molecular complexity index is 315. The van der Waals surface area contributed by atoms with Gasteiger partial charge in [-0.2, -0.15) is 0 Å². The summed E-state index contributed by atoms with van der Waals surface area (Å²) in [6.45, 7) is 11.8. The lowest BCUT2D eigenvalue weighted by atomic mass is 10.0. The molecule has 0 amide bonds. The van der Waals surface area contributed by atoms with Gasteiger partial charge in [0.2, 0.25) is 0 Å². The molecule has 2 aliphatic rings. The molecule has 0 saturated carbocycles. The van der Waals surface area contributed by atoms with Gasteiger partial charge in [-0.15, -0.1) is 0 Å². The molecule has 2 nitrogen and oxygen atoms in total. The summed E-state index contributed by atoms with van der Waals surface area (Å²) in [6.07, 6.45) is 12.4. The second-order valence-corrected chi connectivity index (χ2v) is 4.55. The van der Waals surface area contributed by atoms with E-state index < -0.39 is 0 Å². The fourth-order valence-electron chi connectivity index (χ4n) is 2.15. The third-order valence-electron chi connectivity index (χ3n) is 3.18. The smallest absolute Gasteiger partial charge is 0.0720 e. The maximum absolute atomic E-state index is 5.72. The Labute approximate surface area is 126 Å². The zero-order valence-electron chi connectivity index (χ0n) is 14.1. The molecule has 0 atom stereocenters. The standard InChI is InChI=1S/C14H21NO.2C2H6/c1-15-9-5-8-13-6-3-2-4-7-14(13)12-16-11-10-15;2*1-2/h3-4,6-7H,2,5,8-12H2,1H3;2*1-2H3. The predicted octanol–water partition coefficient (Wildman–Crippen LogP) is 4.59. The van der Waals surface area contributed by atoms with E-state index in [-0.39, 0.29) is 0 Å². The summed E-state index contributed by atoms with van der Waals surface area (Å²) in [5.41, 5.74) is 2.84. The minimum Gasteiger partial charge on any atom is -0.375 e. The molecule has 0 radical (unpaired) electrons. The maximum atomic E-state index is 5.72. The fourth-order valence-corrected chi connectivity index (χ4v) is 2.15. The SMILES string of the molecule is CC.CC.CN1CCCC2=C(C=CCC=C2)COCC1. The van der Waals surface area contributed by atoms with Crippen molar-refractivity contribution in [3.63, 3.8) is 0 Å². The van der Waals surface area contributed by atoms with Gasteiger partial charge < -0.3 is 9.64 Å². The van der Waals surface area contributed by atoms with Crippen molar-refractivity contribution in [2.75, 3.05) is 33.4 Å². The Kier molecular flexibility index (Phi) is 12.6. The van der Waals surface area contributed by atoms with E-state index in [2.05, 4.69) is 36.3 Å². The van der Waals surface area contributed by atoms with Crippen molar-refractivity contribution in [2.24, 2.45) is 0 Å². The lowest BCUT2D eigenvalue weighted by Gasteiger charge is -2.19. The van der Waals surface area contributed by atoms with Crippen molar-refractivity contribution in [1.82, 2.24) is 4.90 Å². The molecule has 0 unspecified atom stereocenters. The quantitative estimate of drug-likeness (QED) is 0.643. The van der Waals surface area contributed by atoms with E-state index in [1.165, 1.54) is 24.0 Å². The predicted molar refractivity (Wildman–Crippen MR) is 90.2 cm³/mol. The molecule has 1 aliphatic heterocycles. The van der Waals surface area contributed by atoms with Crippen LogP contribution in [0.1, 0.15) is 47.0 Å². The molecule has 1 heterocycles. The molecule has 0 spiro atoms. The molecule has 1 aliphatic carbocycles. The summed E-state index contributed by atoms with van der Waals surface area (Å²) in [5.74, 6) is 0. The zero-order valence-corrected chi connectivity index (χ0v) is 14.1. The van der Waals surface area contributed by atoms with Gasteiger partial charge >= 0.3 is 0 Å². The van der Waals surface area contributed by atoms with Gasteiger partial charge in [-0.1, -0.05) is 52.0 Å². The van der Waals surface area contributed by atoms with Crippen LogP contribution in [0.3, 0.4) is 0 Å². The highest BCUT2D eigenvalue weighted by Crippen LogP contribution is 2.19. The number of allylic oxidation sites excluding steroid dienone is 4. The van der Waals surface area contributed by atoms with Gasteiger partial charge in [0.1, 0.15) is 0 Å². The molecule has 0 fully saturated rings. The van der Waals surface area contributed by atoms with E-state index in [0.717, 1.165) is 32.7 Å². The van der Waals surface area contributed by atoms with E-state index in [1.54, 1.807) is 0 Å². The molecule has 0 saturated heterocycles. The van der Waals surface area contributed by atoms with Gasteiger partial charge in [-0.25, -0.2) is 0 Å². The lowest BCUT2D eigenvalue weighted by molar-refractivity contribution is 0.128. The maximum Gasteiger partial charge on any atom is 0.0720 e. The Hall–Kier alpha value is -0.860. The number of nitrogens with zero attached hydrogens (tertiary/aromatic N) is 1. The van der Waals surface area contributed by atoms with Gasteiger partial charge in [0.15, 0.2) is 0 Å². The summed E-state index contributed by atoms with van der Waals surface area (Å²) in [4.78, 5) is 2.35. The van der Waals surface area contributed by atoms with Crippen LogP contribution < -0.4 is 0 Å². The largest absolute Gasteiger partial charge is 0.375 e. The Morgan fingerprint density at radius 1 is 0.950 bits per heavy atom. The molecule has 0 aromatic carbocycles. The van der Waals surface area contributed by atoms with Gasteiger partial charge in [-0.05, 0) is 44.0 Å². The summed E-state index contributed by atoms with van der Waals surface area (Å²) < 4.78 is 5.72. The van der Waals surface area contributed by atoms with E-state index in [1.807, 2.05) is 27.7 Å². The van der Waals surface area contributed by atoms with Crippen LogP contribution in [0.25, 0.3) is 0 Å². The number of likely N-dealkylation sites (N-methyl/N-ethyl adjacent to an activating group) is 1. The van der Waals surface area contributed by atoms with Crippen LogP contribution in [0.5, 0.6) is 0 Å². The number of ether oxygens (including phenoxy) is 1. The van der Waals surface area contributed by atoms with Gasteiger partial charge in [-0.3, -0.25) is 0 Å². The lowest BCUT2D eigenvalue weighted by Crippen LogP contribution is -2.25. The van der Waals surface area contributed by atoms with Crippen molar-refractivity contribution < 1.29 is 4.74 Å². The minimum atomic E-state index is 0.768. The molecule has 0 aromatic rings. The molecule has 0 N–H and O–H groups in total. The first kappa shape index (κ1) is 19.1. The normalized spacial score (nSPS) is 19.9. The Morgan fingerprint density at radius 3 is 2.30 bits per heavy atom. The minimum absolute atomic E-state index is 0.768. The first-order valence-electron chi connectivity index (χ1n) is 8.17. The van der Waals surface area contributed by atoms with Crippen molar-refractivity contribution in [2.45, 2.75) is 47.0 Å². The third-order valence-corrected chi connectivity index (χ3v) is 3.18. The molecular weight excluding hydrogens is 246 g/mol. The Balaban J connectivity index is 0.000000829. The summed E-state index contributed by atoms with van der Waals surface area (Å²) in [6, 6.07) is 0. The monoisotopic (exact) mass is 279 g/mol. The van der Waals surface area contributed by atoms with Crippen molar-refractivity contribution in [1.29, 1.82) is 0 Å². The van der Waals surface area contributed by atoms with Crippen molar-refractivity contribution in [3.05, 3.63) is 35.5 Å². The highest BCUT2D eigenvalue weighted by molar-refractivity contribution is 5.36. The first-order chi connectivity index (χ1) is 9.86.